The second-order valence-electron chi connectivity index (χ2n) is 5.99. The number of hydrogen-bond donors (Lipinski definition) is 2. The number of rotatable bonds is 4. The molecule has 0 aromatic heterocycles. The van der Waals surface area contributed by atoms with E-state index in [0.29, 0.717) is 21.9 Å². The highest BCUT2D eigenvalue weighted by atomic mass is 35.5. The number of nitrogens with one attached hydrogen (secondary N) is 2. The molecule has 0 aliphatic heterocycles. The molecule has 0 spiro atoms. The van der Waals surface area contributed by atoms with Gasteiger partial charge < -0.3 is 15.4 Å². The highest BCUT2D eigenvalue weighted by Gasteiger charge is 2.15. The van der Waals surface area contributed by atoms with Gasteiger partial charge in [0.15, 0.2) is 10.9 Å². The molecular weight excluding hydrogens is 340 g/mol. The molecule has 1 aliphatic carbocycles. The molecule has 2 aromatic carbocycles. The minimum absolute atomic E-state index is 0.455. The molecule has 24 heavy (non-hydrogen) atoms. The van der Waals surface area contributed by atoms with E-state index in [-0.39, 0.29) is 0 Å². The van der Waals surface area contributed by atoms with Crippen molar-refractivity contribution >= 4 is 34.6 Å². The maximum Gasteiger partial charge on any atom is 0.171 e. The first-order valence-electron chi connectivity index (χ1n) is 8.31. The number of anilines is 1. The minimum atomic E-state index is 0.455. The molecule has 0 radical (unpaired) electrons. The van der Waals surface area contributed by atoms with E-state index < -0.39 is 0 Å². The van der Waals surface area contributed by atoms with Gasteiger partial charge in [0.05, 0.1) is 5.69 Å². The number of hydrogen-bond acceptors (Lipinski definition) is 2. The molecule has 1 fully saturated rings. The molecule has 0 atom stereocenters. The molecular formula is C19H21ClN2OS. The average molecular weight is 361 g/mol. The second kappa shape index (κ2) is 8.36. The topological polar surface area (TPSA) is 33.3 Å². The summed E-state index contributed by atoms with van der Waals surface area (Å²) >= 11 is 11.6. The van der Waals surface area contributed by atoms with Crippen molar-refractivity contribution in [1.82, 2.24) is 5.32 Å². The van der Waals surface area contributed by atoms with Gasteiger partial charge in [0.1, 0.15) is 5.75 Å². The van der Waals surface area contributed by atoms with Crippen molar-refractivity contribution in [2.24, 2.45) is 0 Å². The Balaban J connectivity index is 1.69. The van der Waals surface area contributed by atoms with Gasteiger partial charge in [-0.1, -0.05) is 49.1 Å². The van der Waals surface area contributed by atoms with Crippen LogP contribution in [-0.2, 0) is 0 Å². The summed E-state index contributed by atoms with van der Waals surface area (Å²) in [6, 6.07) is 15.6. The highest BCUT2D eigenvalue weighted by Crippen LogP contribution is 2.32. The van der Waals surface area contributed by atoms with E-state index in [1.807, 2.05) is 48.5 Å². The van der Waals surface area contributed by atoms with Crippen LogP contribution in [0, 0.1) is 0 Å². The van der Waals surface area contributed by atoms with Crippen LogP contribution in [0.4, 0.5) is 5.69 Å². The van der Waals surface area contributed by atoms with Crippen molar-refractivity contribution in [2.45, 2.75) is 38.1 Å². The van der Waals surface area contributed by atoms with Gasteiger partial charge >= 0.3 is 0 Å². The van der Waals surface area contributed by atoms with Crippen molar-refractivity contribution in [3.8, 4) is 11.5 Å². The summed E-state index contributed by atoms with van der Waals surface area (Å²) in [6.07, 6.45) is 6.19. The lowest BCUT2D eigenvalue weighted by Gasteiger charge is -2.24. The largest absolute Gasteiger partial charge is 0.455 e. The Hall–Kier alpha value is -1.78. The third kappa shape index (κ3) is 4.86. The summed E-state index contributed by atoms with van der Waals surface area (Å²) in [4.78, 5) is 0. The Labute approximate surface area is 153 Å². The van der Waals surface area contributed by atoms with Gasteiger partial charge in [0, 0.05) is 11.1 Å². The molecule has 0 saturated heterocycles. The third-order valence-electron chi connectivity index (χ3n) is 4.10. The summed E-state index contributed by atoms with van der Waals surface area (Å²) in [6.45, 7) is 0. The molecule has 3 rings (SSSR count). The van der Waals surface area contributed by atoms with Crippen molar-refractivity contribution < 1.29 is 4.74 Å². The number of ether oxygens (including phenoxy) is 1. The Morgan fingerprint density at radius 3 is 2.54 bits per heavy atom. The SMILES string of the molecule is S=C(Nc1cc(Cl)ccc1Oc1ccccc1)NC1CCCCC1. The van der Waals surface area contributed by atoms with Crippen LogP contribution in [0.3, 0.4) is 0 Å². The van der Waals surface area contributed by atoms with E-state index >= 15 is 0 Å². The van der Waals surface area contributed by atoms with Crippen LogP contribution in [0.2, 0.25) is 5.02 Å². The van der Waals surface area contributed by atoms with E-state index in [0.717, 1.165) is 11.4 Å². The molecule has 2 N–H and O–H groups in total. The molecule has 0 amide bonds. The van der Waals surface area contributed by atoms with Crippen LogP contribution < -0.4 is 15.4 Å². The Bertz CT molecular complexity index is 687. The highest BCUT2D eigenvalue weighted by molar-refractivity contribution is 7.80. The molecule has 5 heteroatoms. The van der Waals surface area contributed by atoms with Crippen molar-refractivity contribution in [3.05, 3.63) is 53.6 Å². The molecule has 3 nitrogen and oxygen atoms in total. The summed E-state index contributed by atoms with van der Waals surface area (Å²) in [5, 5.41) is 7.88. The zero-order chi connectivity index (χ0) is 16.8. The maximum atomic E-state index is 6.14. The van der Waals surface area contributed by atoms with Crippen LogP contribution in [0.5, 0.6) is 11.5 Å². The average Bonchev–Trinajstić information content (AvgIpc) is 2.59. The van der Waals surface area contributed by atoms with Crippen LogP contribution in [-0.4, -0.2) is 11.2 Å². The Morgan fingerprint density at radius 2 is 1.79 bits per heavy atom. The zero-order valence-electron chi connectivity index (χ0n) is 13.4. The van der Waals surface area contributed by atoms with Gasteiger partial charge in [-0.2, -0.15) is 0 Å². The first kappa shape index (κ1) is 17.1. The third-order valence-corrected chi connectivity index (χ3v) is 4.56. The van der Waals surface area contributed by atoms with Crippen molar-refractivity contribution in [2.75, 3.05) is 5.32 Å². The Kier molecular flexibility index (Phi) is 5.94. The van der Waals surface area contributed by atoms with E-state index in [1.165, 1.54) is 32.1 Å². The van der Waals surface area contributed by atoms with Gasteiger partial charge in [-0.25, -0.2) is 0 Å². The number of halogens is 1. The predicted octanol–water partition coefficient (Wildman–Crippen LogP) is 5.75. The summed E-state index contributed by atoms with van der Waals surface area (Å²) in [5.74, 6) is 1.47. The van der Waals surface area contributed by atoms with E-state index in [4.69, 9.17) is 28.6 Å². The predicted molar refractivity (Wildman–Crippen MR) is 104 cm³/mol. The minimum Gasteiger partial charge on any atom is -0.455 e. The number of thiocarbonyl (C=S) groups is 1. The van der Waals surface area contributed by atoms with E-state index in [1.54, 1.807) is 0 Å². The van der Waals surface area contributed by atoms with Gasteiger partial charge in [0.2, 0.25) is 0 Å². The van der Waals surface area contributed by atoms with Crippen LogP contribution in [0.15, 0.2) is 48.5 Å². The lowest BCUT2D eigenvalue weighted by molar-refractivity contribution is 0.414. The van der Waals surface area contributed by atoms with E-state index in [9.17, 15) is 0 Å². The molecule has 0 heterocycles. The zero-order valence-corrected chi connectivity index (χ0v) is 15.0. The van der Waals surface area contributed by atoms with Gasteiger partial charge in [0.25, 0.3) is 0 Å². The smallest absolute Gasteiger partial charge is 0.171 e. The van der Waals surface area contributed by atoms with Gasteiger partial charge in [-0.05, 0) is 55.4 Å². The maximum absolute atomic E-state index is 6.14. The first-order chi connectivity index (χ1) is 11.7. The standard InChI is InChI=1S/C19H21ClN2OS/c20-14-11-12-18(23-16-9-5-2-6-10-16)17(13-14)22-19(24)21-15-7-3-1-4-8-15/h2,5-6,9-13,15H,1,3-4,7-8H2,(H2,21,22,24). The van der Waals surface area contributed by atoms with Crippen LogP contribution in [0.1, 0.15) is 32.1 Å². The number of benzene rings is 2. The lowest BCUT2D eigenvalue weighted by Crippen LogP contribution is -2.38. The quantitative estimate of drug-likeness (QED) is 0.680. The van der Waals surface area contributed by atoms with Gasteiger partial charge in [-0.15, -0.1) is 0 Å². The molecule has 0 unspecified atom stereocenters. The van der Waals surface area contributed by atoms with E-state index in [2.05, 4.69) is 10.6 Å². The van der Waals surface area contributed by atoms with Crippen LogP contribution in [0.25, 0.3) is 0 Å². The summed E-state index contributed by atoms with van der Waals surface area (Å²) in [7, 11) is 0. The number of para-hydroxylation sites is 1. The summed E-state index contributed by atoms with van der Waals surface area (Å²) in [5.41, 5.74) is 0.764. The second-order valence-corrected chi connectivity index (χ2v) is 6.83. The van der Waals surface area contributed by atoms with Crippen LogP contribution >= 0.6 is 23.8 Å². The first-order valence-corrected chi connectivity index (χ1v) is 9.09. The molecule has 126 valence electrons. The van der Waals surface area contributed by atoms with Crippen molar-refractivity contribution in [1.29, 1.82) is 0 Å². The van der Waals surface area contributed by atoms with Gasteiger partial charge in [-0.3, -0.25) is 0 Å². The normalized spacial score (nSPS) is 14.9. The molecule has 0 bridgehead atoms. The fraction of sp³-hybridized carbons (Fsp3) is 0.316. The summed E-state index contributed by atoms with van der Waals surface area (Å²) < 4.78 is 5.95. The van der Waals surface area contributed by atoms with Crippen molar-refractivity contribution in [3.63, 3.8) is 0 Å². The lowest BCUT2D eigenvalue weighted by atomic mass is 9.96. The molecule has 1 aliphatic rings. The fourth-order valence-electron chi connectivity index (χ4n) is 2.90. The Morgan fingerprint density at radius 1 is 1.04 bits per heavy atom. The molecule has 2 aromatic rings. The molecule has 1 saturated carbocycles. The fourth-order valence-corrected chi connectivity index (χ4v) is 3.34. The monoisotopic (exact) mass is 360 g/mol.